The molecule has 0 bridgehead atoms. The second-order valence-electron chi connectivity index (χ2n) is 4.96. The van der Waals surface area contributed by atoms with Crippen LogP contribution in [0.25, 0.3) is 0 Å². The van der Waals surface area contributed by atoms with E-state index in [0.29, 0.717) is 12.2 Å². The summed E-state index contributed by atoms with van der Waals surface area (Å²) >= 11 is 0. The summed E-state index contributed by atoms with van der Waals surface area (Å²) in [6, 6.07) is 0. The lowest BCUT2D eigenvalue weighted by Gasteiger charge is -2.34. The number of hydrogen-bond acceptors (Lipinski definition) is 8. The van der Waals surface area contributed by atoms with Crippen molar-refractivity contribution in [2.24, 2.45) is 0 Å². The van der Waals surface area contributed by atoms with E-state index in [2.05, 4.69) is 0 Å². The zero-order chi connectivity index (χ0) is 17.7. The number of aliphatic carboxylic acids is 1. The van der Waals surface area contributed by atoms with Crippen LogP contribution in [0.5, 0.6) is 0 Å². The standard InChI is InChI=1S/C13H15N3O6S2/c17-10-4-5-11(18)15(10)14-8-9(16(21)22)3-6-12(14)24-23-7-1-2-13(19)20/h3,6,8,12H,1-2,4-5,7H2,(H,19,20). The number of hydrogen-bond donors (Lipinski definition) is 1. The quantitative estimate of drug-likeness (QED) is 0.222. The Kier molecular flexibility index (Phi) is 6.26. The number of imide groups is 1. The Morgan fingerprint density at radius 2 is 2.04 bits per heavy atom. The SMILES string of the molecule is O=C(O)CCCSSC1C=CC([N+](=O)[O-])=CN1N1C(=O)CCC1=O. The van der Waals surface area contributed by atoms with Crippen LogP contribution >= 0.6 is 21.6 Å². The molecule has 1 unspecified atom stereocenters. The highest BCUT2D eigenvalue weighted by Gasteiger charge is 2.38. The average Bonchev–Trinajstić information content (AvgIpc) is 2.85. The third kappa shape index (κ3) is 4.51. The topological polar surface area (TPSA) is 121 Å². The number of allylic oxidation sites excluding steroid dienone is 1. The van der Waals surface area contributed by atoms with Crippen molar-refractivity contribution in [1.82, 2.24) is 10.0 Å². The molecule has 0 aromatic carbocycles. The van der Waals surface area contributed by atoms with Crippen molar-refractivity contribution in [2.75, 3.05) is 5.75 Å². The maximum atomic E-state index is 11.9. The van der Waals surface area contributed by atoms with Gasteiger partial charge in [-0.3, -0.25) is 29.5 Å². The second-order valence-corrected chi connectivity index (χ2v) is 7.56. The van der Waals surface area contributed by atoms with E-state index in [1.807, 2.05) is 0 Å². The van der Waals surface area contributed by atoms with Crippen molar-refractivity contribution >= 4 is 39.4 Å². The van der Waals surface area contributed by atoms with E-state index < -0.39 is 28.1 Å². The smallest absolute Gasteiger partial charge is 0.303 e. The van der Waals surface area contributed by atoms with E-state index in [4.69, 9.17) is 5.11 Å². The molecule has 9 nitrogen and oxygen atoms in total. The molecule has 0 radical (unpaired) electrons. The van der Waals surface area contributed by atoms with Crippen molar-refractivity contribution in [1.29, 1.82) is 0 Å². The number of carbonyl (C=O) groups excluding carboxylic acids is 2. The number of nitro groups is 1. The van der Waals surface area contributed by atoms with E-state index in [9.17, 15) is 24.5 Å². The van der Waals surface area contributed by atoms with Gasteiger partial charge in [0, 0.05) is 31.1 Å². The highest BCUT2D eigenvalue weighted by Crippen LogP contribution is 2.35. The number of carboxylic acid groups (broad SMARTS) is 1. The molecule has 0 aromatic rings. The van der Waals surface area contributed by atoms with Gasteiger partial charge in [-0.2, -0.15) is 5.01 Å². The summed E-state index contributed by atoms with van der Waals surface area (Å²) in [4.78, 5) is 44.7. The lowest BCUT2D eigenvalue weighted by molar-refractivity contribution is -0.420. The molecular weight excluding hydrogens is 358 g/mol. The Hall–Kier alpha value is -2.01. The van der Waals surface area contributed by atoms with Crippen LogP contribution in [-0.4, -0.2) is 49.0 Å². The molecule has 2 amide bonds. The molecule has 1 atom stereocenters. The normalized spacial score (nSPS) is 20.5. The van der Waals surface area contributed by atoms with Crippen molar-refractivity contribution in [3.63, 3.8) is 0 Å². The monoisotopic (exact) mass is 373 g/mol. The fraction of sp³-hybridized carbons (Fsp3) is 0.462. The van der Waals surface area contributed by atoms with Crippen LogP contribution in [0.4, 0.5) is 0 Å². The van der Waals surface area contributed by atoms with E-state index in [-0.39, 0.29) is 25.0 Å². The minimum atomic E-state index is -0.869. The van der Waals surface area contributed by atoms with Gasteiger partial charge < -0.3 is 5.11 Å². The Morgan fingerprint density at radius 1 is 1.38 bits per heavy atom. The molecule has 2 aliphatic rings. The zero-order valence-corrected chi connectivity index (χ0v) is 14.1. The first-order chi connectivity index (χ1) is 11.4. The molecule has 1 fully saturated rings. The summed E-state index contributed by atoms with van der Waals surface area (Å²) in [6.07, 6.45) is 4.78. The summed E-state index contributed by atoms with van der Waals surface area (Å²) in [7, 11) is 2.70. The van der Waals surface area contributed by atoms with Gasteiger partial charge in [0.2, 0.25) is 11.8 Å². The van der Waals surface area contributed by atoms with Gasteiger partial charge in [0.25, 0.3) is 5.70 Å². The first-order valence-corrected chi connectivity index (χ1v) is 9.47. The van der Waals surface area contributed by atoms with Crippen LogP contribution in [0.1, 0.15) is 25.7 Å². The Balaban J connectivity index is 2.04. The Morgan fingerprint density at radius 3 is 2.62 bits per heavy atom. The van der Waals surface area contributed by atoms with Gasteiger partial charge in [-0.25, -0.2) is 0 Å². The molecule has 130 valence electrons. The number of carbonyl (C=O) groups is 3. The molecule has 0 aromatic heterocycles. The molecule has 2 heterocycles. The van der Waals surface area contributed by atoms with Gasteiger partial charge in [0.15, 0.2) is 0 Å². The third-order valence-electron chi connectivity index (χ3n) is 3.21. The maximum Gasteiger partial charge on any atom is 0.303 e. The summed E-state index contributed by atoms with van der Waals surface area (Å²) in [5, 5.41) is 21.3. The van der Waals surface area contributed by atoms with E-state index in [1.54, 1.807) is 6.08 Å². The Labute approximate surface area is 145 Å². The van der Waals surface area contributed by atoms with E-state index in [1.165, 1.54) is 38.9 Å². The minimum Gasteiger partial charge on any atom is -0.481 e. The highest BCUT2D eigenvalue weighted by atomic mass is 33.1. The van der Waals surface area contributed by atoms with Gasteiger partial charge >= 0.3 is 5.97 Å². The number of amides is 2. The van der Waals surface area contributed by atoms with Crippen molar-refractivity contribution in [3.8, 4) is 0 Å². The minimum absolute atomic E-state index is 0.0618. The zero-order valence-electron chi connectivity index (χ0n) is 12.5. The lowest BCUT2D eigenvalue weighted by atomic mass is 10.3. The summed E-state index contributed by atoms with van der Waals surface area (Å²) in [5.74, 6) is -1.08. The number of hydrazine groups is 1. The lowest BCUT2D eigenvalue weighted by Crippen LogP contribution is -2.47. The van der Waals surface area contributed by atoms with Crippen molar-refractivity contribution < 1.29 is 24.4 Å². The average molecular weight is 373 g/mol. The molecule has 1 N–H and O–H groups in total. The molecule has 0 aliphatic carbocycles. The van der Waals surface area contributed by atoms with Crippen LogP contribution in [0.2, 0.25) is 0 Å². The summed E-state index contributed by atoms with van der Waals surface area (Å²) in [5.41, 5.74) is -0.213. The number of rotatable bonds is 8. The third-order valence-corrected chi connectivity index (χ3v) is 5.87. The van der Waals surface area contributed by atoms with Crippen LogP contribution in [-0.2, 0) is 14.4 Å². The molecule has 1 saturated heterocycles. The molecular formula is C13H15N3O6S2. The van der Waals surface area contributed by atoms with Crippen LogP contribution in [0, 0.1) is 10.1 Å². The molecule has 11 heteroatoms. The fourth-order valence-electron chi connectivity index (χ4n) is 2.10. The van der Waals surface area contributed by atoms with Gasteiger partial charge in [0.1, 0.15) is 11.6 Å². The first-order valence-electron chi connectivity index (χ1n) is 7.08. The van der Waals surface area contributed by atoms with Gasteiger partial charge in [0.05, 0.1) is 4.92 Å². The first kappa shape index (κ1) is 18.3. The van der Waals surface area contributed by atoms with Gasteiger partial charge in [-0.15, -0.1) is 0 Å². The molecule has 0 spiro atoms. The summed E-state index contributed by atoms with van der Waals surface area (Å²) in [6.45, 7) is 0. The van der Waals surface area contributed by atoms with Crippen LogP contribution in [0.3, 0.4) is 0 Å². The summed E-state index contributed by atoms with van der Waals surface area (Å²) < 4.78 is 0. The highest BCUT2D eigenvalue weighted by molar-refractivity contribution is 8.77. The predicted octanol–water partition coefficient (Wildman–Crippen LogP) is 1.61. The van der Waals surface area contributed by atoms with Gasteiger partial charge in [-0.05, 0) is 12.5 Å². The fourth-order valence-corrected chi connectivity index (χ4v) is 4.50. The van der Waals surface area contributed by atoms with E-state index >= 15 is 0 Å². The van der Waals surface area contributed by atoms with Crippen molar-refractivity contribution in [3.05, 3.63) is 34.2 Å². The van der Waals surface area contributed by atoms with Crippen LogP contribution < -0.4 is 0 Å². The number of carboxylic acids is 1. The molecule has 2 aliphatic heterocycles. The molecule has 2 rings (SSSR count). The van der Waals surface area contributed by atoms with E-state index in [0.717, 1.165) is 5.01 Å². The molecule has 0 saturated carbocycles. The maximum absolute atomic E-state index is 11.9. The predicted molar refractivity (Wildman–Crippen MR) is 87.9 cm³/mol. The largest absolute Gasteiger partial charge is 0.481 e. The van der Waals surface area contributed by atoms with Gasteiger partial charge in [-0.1, -0.05) is 21.6 Å². The number of nitrogens with zero attached hydrogens (tertiary/aromatic N) is 3. The molecule has 24 heavy (non-hydrogen) atoms. The van der Waals surface area contributed by atoms with Crippen molar-refractivity contribution in [2.45, 2.75) is 31.1 Å². The Bertz CT molecular complexity index is 605. The second kappa shape index (κ2) is 8.20. The van der Waals surface area contributed by atoms with Crippen LogP contribution in [0.15, 0.2) is 24.0 Å².